The van der Waals surface area contributed by atoms with Gasteiger partial charge in [0, 0.05) is 22.7 Å². The predicted octanol–water partition coefficient (Wildman–Crippen LogP) is 3.26. The van der Waals surface area contributed by atoms with Crippen molar-refractivity contribution in [1.29, 1.82) is 0 Å². The smallest absolute Gasteiger partial charge is 0.116 e. The Morgan fingerprint density at radius 3 is 2.69 bits per heavy atom. The zero-order valence-electron chi connectivity index (χ0n) is 9.09. The quantitative estimate of drug-likeness (QED) is 0.915. The van der Waals surface area contributed by atoms with Crippen molar-refractivity contribution >= 4 is 22.9 Å². The molecule has 0 aromatic carbocycles. The second kappa shape index (κ2) is 4.57. The highest BCUT2D eigenvalue weighted by Crippen LogP contribution is 2.30. The Bertz CT molecular complexity index is 478. The maximum atomic E-state index is 10.1. The molecule has 3 nitrogen and oxygen atoms in total. The van der Waals surface area contributed by atoms with Gasteiger partial charge in [-0.05, 0) is 26.0 Å². The Morgan fingerprint density at radius 1 is 1.44 bits per heavy atom. The van der Waals surface area contributed by atoms with E-state index in [1.165, 1.54) is 11.3 Å². The summed E-state index contributed by atoms with van der Waals surface area (Å²) in [7, 11) is 0. The van der Waals surface area contributed by atoms with Crippen LogP contribution in [0.3, 0.4) is 0 Å². The van der Waals surface area contributed by atoms with Gasteiger partial charge < -0.3 is 5.11 Å². The van der Waals surface area contributed by atoms with Crippen LogP contribution in [0.5, 0.6) is 0 Å². The molecule has 86 valence electrons. The van der Waals surface area contributed by atoms with E-state index >= 15 is 0 Å². The first-order chi connectivity index (χ1) is 7.58. The van der Waals surface area contributed by atoms with Gasteiger partial charge in [0.05, 0.1) is 10.5 Å². The van der Waals surface area contributed by atoms with Gasteiger partial charge in [-0.15, -0.1) is 11.3 Å². The average molecular weight is 257 g/mol. The third-order valence-electron chi connectivity index (χ3n) is 2.33. The first-order valence-corrected chi connectivity index (χ1v) is 6.24. The standard InChI is InChI=1S/C11H13ClN2OS/c1-7(2)14-6-8(5-13-14)11(15)9-3-4-10(12)16-9/h3-7,11,15H,1-2H3. The molecule has 0 bridgehead atoms. The lowest BCUT2D eigenvalue weighted by molar-refractivity contribution is 0.224. The van der Waals surface area contributed by atoms with Gasteiger partial charge >= 0.3 is 0 Å². The second-order valence-electron chi connectivity index (χ2n) is 3.89. The first-order valence-electron chi connectivity index (χ1n) is 5.05. The highest BCUT2D eigenvalue weighted by Gasteiger charge is 2.15. The molecule has 0 fully saturated rings. The number of nitrogens with zero attached hydrogens (tertiary/aromatic N) is 2. The summed E-state index contributed by atoms with van der Waals surface area (Å²) in [6.07, 6.45) is 2.92. The number of aromatic nitrogens is 2. The van der Waals surface area contributed by atoms with Crippen molar-refractivity contribution in [2.75, 3.05) is 0 Å². The van der Waals surface area contributed by atoms with Crippen LogP contribution < -0.4 is 0 Å². The van der Waals surface area contributed by atoms with Crippen LogP contribution in [0.1, 0.15) is 36.4 Å². The van der Waals surface area contributed by atoms with Gasteiger partial charge in [-0.2, -0.15) is 5.10 Å². The van der Waals surface area contributed by atoms with E-state index in [2.05, 4.69) is 5.10 Å². The first kappa shape index (κ1) is 11.6. The molecule has 2 aromatic rings. The summed E-state index contributed by atoms with van der Waals surface area (Å²) in [4.78, 5) is 0.841. The summed E-state index contributed by atoms with van der Waals surface area (Å²) in [6, 6.07) is 3.93. The van der Waals surface area contributed by atoms with Crippen LogP contribution in [-0.2, 0) is 0 Å². The van der Waals surface area contributed by atoms with Crippen LogP contribution in [0.4, 0.5) is 0 Å². The molecular formula is C11H13ClN2OS. The van der Waals surface area contributed by atoms with E-state index < -0.39 is 6.10 Å². The molecule has 0 saturated heterocycles. The van der Waals surface area contributed by atoms with Crippen LogP contribution in [-0.4, -0.2) is 14.9 Å². The molecule has 0 amide bonds. The Labute approximate surface area is 103 Å². The SMILES string of the molecule is CC(C)n1cc(C(O)c2ccc(Cl)s2)cn1. The molecule has 1 atom stereocenters. The minimum atomic E-state index is -0.634. The summed E-state index contributed by atoms with van der Waals surface area (Å²) < 4.78 is 2.51. The van der Waals surface area contributed by atoms with Gasteiger partial charge in [0.2, 0.25) is 0 Å². The molecule has 0 radical (unpaired) electrons. The minimum absolute atomic E-state index is 0.299. The molecule has 0 saturated carbocycles. The Morgan fingerprint density at radius 2 is 2.19 bits per heavy atom. The molecule has 1 unspecified atom stereocenters. The highest BCUT2D eigenvalue weighted by molar-refractivity contribution is 7.16. The Hall–Kier alpha value is -0.840. The molecule has 2 heterocycles. The van der Waals surface area contributed by atoms with Gasteiger partial charge in [-0.3, -0.25) is 4.68 Å². The molecular weight excluding hydrogens is 244 g/mol. The van der Waals surface area contributed by atoms with E-state index in [1.807, 2.05) is 30.8 Å². The summed E-state index contributed by atoms with van der Waals surface area (Å²) in [5.41, 5.74) is 0.798. The molecule has 0 aliphatic rings. The number of hydrogen-bond acceptors (Lipinski definition) is 3. The fourth-order valence-corrected chi connectivity index (χ4v) is 2.49. The van der Waals surface area contributed by atoms with E-state index in [0.29, 0.717) is 10.4 Å². The fourth-order valence-electron chi connectivity index (χ4n) is 1.42. The lowest BCUT2D eigenvalue weighted by atomic mass is 10.2. The molecule has 2 aromatic heterocycles. The van der Waals surface area contributed by atoms with Crippen molar-refractivity contribution in [2.45, 2.75) is 26.0 Å². The van der Waals surface area contributed by atoms with Gasteiger partial charge in [0.15, 0.2) is 0 Å². The molecule has 0 spiro atoms. The van der Waals surface area contributed by atoms with Crippen LogP contribution in [0.15, 0.2) is 24.5 Å². The van der Waals surface area contributed by atoms with E-state index in [0.717, 1.165) is 10.4 Å². The Kier molecular flexibility index (Phi) is 3.33. The highest BCUT2D eigenvalue weighted by atomic mass is 35.5. The van der Waals surface area contributed by atoms with Crippen molar-refractivity contribution in [2.24, 2.45) is 0 Å². The molecule has 0 aliphatic carbocycles. The van der Waals surface area contributed by atoms with Crippen molar-refractivity contribution in [3.8, 4) is 0 Å². The van der Waals surface area contributed by atoms with E-state index in [-0.39, 0.29) is 0 Å². The number of halogens is 1. The van der Waals surface area contributed by atoms with Gasteiger partial charge in [-0.1, -0.05) is 11.6 Å². The zero-order chi connectivity index (χ0) is 11.7. The molecule has 5 heteroatoms. The maximum Gasteiger partial charge on any atom is 0.116 e. The lowest BCUT2D eigenvalue weighted by Crippen LogP contribution is -2.00. The number of aliphatic hydroxyl groups excluding tert-OH is 1. The number of hydrogen-bond donors (Lipinski definition) is 1. The lowest BCUT2D eigenvalue weighted by Gasteiger charge is -2.06. The maximum absolute atomic E-state index is 10.1. The van der Waals surface area contributed by atoms with Crippen molar-refractivity contribution < 1.29 is 5.11 Å². The number of thiophene rings is 1. The Balaban J connectivity index is 2.23. The molecule has 16 heavy (non-hydrogen) atoms. The van der Waals surface area contributed by atoms with Crippen LogP contribution in [0.2, 0.25) is 4.34 Å². The summed E-state index contributed by atoms with van der Waals surface area (Å²) in [5, 5.41) is 14.3. The zero-order valence-corrected chi connectivity index (χ0v) is 10.7. The molecule has 2 rings (SSSR count). The topological polar surface area (TPSA) is 38.0 Å². The number of rotatable bonds is 3. The number of aliphatic hydroxyl groups is 1. The third-order valence-corrected chi connectivity index (χ3v) is 3.61. The van der Waals surface area contributed by atoms with Gasteiger partial charge in [-0.25, -0.2) is 0 Å². The van der Waals surface area contributed by atoms with Crippen molar-refractivity contribution in [1.82, 2.24) is 9.78 Å². The van der Waals surface area contributed by atoms with Crippen molar-refractivity contribution in [3.63, 3.8) is 0 Å². The third kappa shape index (κ3) is 2.29. The largest absolute Gasteiger partial charge is 0.383 e. The second-order valence-corrected chi connectivity index (χ2v) is 5.64. The van der Waals surface area contributed by atoms with Crippen LogP contribution in [0, 0.1) is 0 Å². The molecule has 1 N–H and O–H groups in total. The van der Waals surface area contributed by atoms with Crippen molar-refractivity contribution in [3.05, 3.63) is 39.3 Å². The summed E-state index contributed by atoms with van der Waals surface area (Å²) in [6.45, 7) is 4.09. The predicted molar refractivity (Wildman–Crippen MR) is 66.0 cm³/mol. The average Bonchev–Trinajstić information content (AvgIpc) is 2.84. The summed E-state index contributed by atoms with van der Waals surface area (Å²) >= 11 is 7.22. The van der Waals surface area contributed by atoms with Gasteiger partial charge in [0.25, 0.3) is 0 Å². The van der Waals surface area contributed by atoms with E-state index in [1.54, 1.807) is 12.3 Å². The van der Waals surface area contributed by atoms with Crippen LogP contribution >= 0.6 is 22.9 Å². The van der Waals surface area contributed by atoms with E-state index in [4.69, 9.17) is 11.6 Å². The minimum Gasteiger partial charge on any atom is -0.383 e. The van der Waals surface area contributed by atoms with E-state index in [9.17, 15) is 5.11 Å². The normalized spacial score (nSPS) is 13.3. The van der Waals surface area contributed by atoms with Gasteiger partial charge in [0.1, 0.15) is 6.10 Å². The fraction of sp³-hybridized carbons (Fsp3) is 0.364. The monoisotopic (exact) mass is 256 g/mol. The summed E-state index contributed by atoms with van der Waals surface area (Å²) in [5.74, 6) is 0. The molecule has 0 aliphatic heterocycles. The van der Waals surface area contributed by atoms with Crippen LogP contribution in [0.25, 0.3) is 0 Å².